The summed E-state index contributed by atoms with van der Waals surface area (Å²) in [6, 6.07) is 0. The number of hydrogen-bond donors (Lipinski definition) is 0. The molecule has 1 unspecified atom stereocenters. The minimum absolute atomic E-state index is 0.194. The number of ether oxygens (including phenoxy) is 1. The number of halogens is 2. The van der Waals surface area contributed by atoms with Gasteiger partial charge in [-0.15, -0.1) is 23.2 Å². The van der Waals surface area contributed by atoms with Crippen LogP contribution in [0.15, 0.2) is 0 Å². The van der Waals surface area contributed by atoms with E-state index in [9.17, 15) is 0 Å². The van der Waals surface area contributed by atoms with Gasteiger partial charge in [0.2, 0.25) is 0 Å². The fourth-order valence-corrected chi connectivity index (χ4v) is 0.739. The molecule has 0 aliphatic carbocycles. The Morgan fingerprint density at radius 2 is 2.11 bits per heavy atom. The van der Waals surface area contributed by atoms with Crippen molar-refractivity contribution < 1.29 is 4.74 Å². The molecule has 1 aliphatic heterocycles. The van der Waals surface area contributed by atoms with Crippen LogP contribution in [0.2, 0.25) is 0 Å². The molecule has 56 valence electrons. The van der Waals surface area contributed by atoms with E-state index in [2.05, 4.69) is 6.92 Å². The Balaban J connectivity index is 0.000000187. The molecule has 1 rings (SSSR count). The summed E-state index contributed by atoms with van der Waals surface area (Å²) in [5.41, 5.74) is 0. The van der Waals surface area contributed by atoms with Gasteiger partial charge in [-0.1, -0.05) is 0 Å². The highest BCUT2D eigenvalue weighted by Gasteiger charge is 2.07. The molecule has 0 spiro atoms. The molecule has 0 aromatic heterocycles. The van der Waals surface area contributed by atoms with Gasteiger partial charge in [0.15, 0.2) is 0 Å². The highest BCUT2D eigenvalue weighted by molar-refractivity contribution is 6.40. The highest BCUT2D eigenvalue weighted by atomic mass is 35.5. The SMILES string of the molecule is CC1CCCO1.ClCCl. The summed E-state index contributed by atoms with van der Waals surface area (Å²) in [7, 11) is 0. The maximum absolute atomic E-state index is 5.15. The van der Waals surface area contributed by atoms with E-state index < -0.39 is 0 Å². The van der Waals surface area contributed by atoms with Crippen molar-refractivity contribution in [1.82, 2.24) is 0 Å². The molecule has 0 aromatic carbocycles. The van der Waals surface area contributed by atoms with Gasteiger partial charge in [-0.25, -0.2) is 0 Å². The second-order valence-corrected chi connectivity index (χ2v) is 2.73. The largest absolute Gasteiger partial charge is 0.379 e. The fraction of sp³-hybridized carbons (Fsp3) is 1.00. The van der Waals surface area contributed by atoms with Gasteiger partial charge in [-0.3, -0.25) is 0 Å². The molecule has 0 amide bonds. The van der Waals surface area contributed by atoms with E-state index in [1.54, 1.807) is 0 Å². The number of alkyl halides is 2. The normalized spacial score (nSPS) is 25.0. The van der Waals surface area contributed by atoms with Crippen LogP contribution in [0.1, 0.15) is 19.8 Å². The van der Waals surface area contributed by atoms with E-state index in [0.29, 0.717) is 6.10 Å². The van der Waals surface area contributed by atoms with Crippen LogP contribution in [0.4, 0.5) is 0 Å². The van der Waals surface area contributed by atoms with Crippen molar-refractivity contribution >= 4 is 23.2 Å². The predicted molar refractivity (Wildman–Crippen MR) is 41.2 cm³/mol. The third-order valence-corrected chi connectivity index (χ3v) is 1.16. The molecule has 1 saturated heterocycles. The van der Waals surface area contributed by atoms with Crippen LogP contribution in [0.5, 0.6) is 0 Å². The Kier molecular flexibility index (Phi) is 7.06. The van der Waals surface area contributed by atoms with Gasteiger partial charge >= 0.3 is 0 Å². The first-order valence-corrected chi connectivity index (χ1v) is 4.11. The molecule has 1 atom stereocenters. The van der Waals surface area contributed by atoms with Crippen LogP contribution in [-0.2, 0) is 4.74 Å². The molecular formula is C6H12Cl2O. The standard InChI is InChI=1S/C5H10O.CH2Cl2/c1-5-3-2-4-6-5;2-1-3/h5H,2-4H2,1H3;1H2. The molecule has 1 nitrogen and oxygen atoms in total. The number of rotatable bonds is 0. The fourth-order valence-electron chi connectivity index (χ4n) is 0.739. The zero-order chi connectivity index (χ0) is 7.11. The molecule has 0 radical (unpaired) electrons. The molecule has 0 aromatic rings. The van der Waals surface area contributed by atoms with Crippen molar-refractivity contribution in [2.24, 2.45) is 0 Å². The van der Waals surface area contributed by atoms with E-state index in [-0.39, 0.29) is 5.34 Å². The molecule has 0 saturated carbocycles. The quantitative estimate of drug-likeness (QED) is 0.509. The van der Waals surface area contributed by atoms with Crippen molar-refractivity contribution in [2.45, 2.75) is 25.9 Å². The third-order valence-electron chi connectivity index (χ3n) is 1.16. The van der Waals surface area contributed by atoms with Crippen molar-refractivity contribution in [1.29, 1.82) is 0 Å². The van der Waals surface area contributed by atoms with Gasteiger partial charge in [-0.2, -0.15) is 0 Å². The van der Waals surface area contributed by atoms with Crippen molar-refractivity contribution in [2.75, 3.05) is 11.9 Å². The summed E-state index contributed by atoms with van der Waals surface area (Å²) in [6.07, 6.45) is 3.08. The Hall–Kier alpha value is 0.540. The average molecular weight is 171 g/mol. The van der Waals surface area contributed by atoms with E-state index in [1.807, 2.05) is 0 Å². The predicted octanol–water partition coefficient (Wildman–Crippen LogP) is 2.61. The minimum atomic E-state index is 0.194. The lowest BCUT2D eigenvalue weighted by Gasteiger charge is -1.94. The van der Waals surface area contributed by atoms with Crippen LogP contribution in [0, 0.1) is 0 Å². The van der Waals surface area contributed by atoms with E-state index in [1.165, 1.54) is 12.8 Å². The first-order chi connectivity index (χ1) is 4.31. The average Bonchev–Trinajstić information content (AvgIpc) is 2.20. The van der Waals surface area contributed by atoms with Gasteiger partial charge in [0.1, 0.15) is 0 Å². The summed E-state index contributed by atoms with van der Waals surface area (Å²) in [5, 5.41) is 0.194. The summed E-state index contributed by atoms with van der Waals surface area (Å²) < 4.78 is 5.15. The summed E-state index contributed by atoms with van der Waals surface area (Å²) in [4.78, 5) is 0. The first-order valence-electron chi connectivity index (χ1n) is 3.04. The first kappa shape index (κ1) is 9.54. The Labute approximate surface area is 66.3 Å². The second kappa shape index (κ2) is 6.66. The van der Waals surface area contributed by atoms with Crippen molar-refractivity contribution in [3.05, 3.63) is 0 Å². The van der Waals surface area contributed by atoms with E-state index >= 15 is 0 Å². The molecule has 1 aliphatic rings. The van der Waals surface area contributed by atoms with Crippen LogP contribution in [0.25, 0.3) is 0 Å². The lowest BCUT2D eigenvalue weighted by Crippen LogP contribution is -1.94. The molecule has 1 fully saturated rings. The zero-order valence-electron chi connectivity index (χ0n) is 5.57. The molecule has 3 heteroatoms. The van der Waals surface area contributed by atoms with Crippen LogP contribution in [-0.4, -0.2) is 18.1 Å². The van der Waals surface area contributed by atoms with Gasteiger partial charge < -0.3 is 4.74 Å². The summed E-state index contributed by atoms with van der Waals surface area (Å²) in [6.45, 7) is 3.11. The van der Waals surface area contributed by atoms with Gasteiger partial charge in [0.05, 0.1) is 11.4 Å². The maximum Gasteiger partial charge on any atom is 0.0967 e. The minimum Gasteiger partial charge on any atom is -0.379 e. The monoisotopic (exact) mass is 170 g/mol. The van der Waals surface area contributed by atoms with Crippen LogP contribution >= 0.6 is 23.2 Å². The Bertz CT molecular complexity index is 53.0. The summed E-state index contributed by atoms with van der Waals surface area (Å²) in [5.74, 6) is 0. The smallest absolute Gasteiger partial charge is 0.0967 e. The van der Waals surface area contributed by atoms with Gasteiger partial charge in [-0.05, 0) is 19.8 Å². The van der Waals surface area contributed by atoms with Crippen molar-refractivity contribution in [3.8, 4) is 0 Å². The number of hydrogen-bond acceptors (Lipinski definition) is 1. The van der Waals surface area contributed by atoms with E-state index in [4.69, 9.17) is 27.9 Å². The Morgan fingerprint density at radius 3 is 2.22 bits per heavy atom. The molecule has 1 heterocycles. The molecular weight excluding hydrogens is 159 g/mol. The van der Waals surface area contributed by atoms with Crippen LogP contribution < -0.4 is 0 Å². The second-order valence-electron chi connectivity index (χ2n) is 1.92. The molecule has 0 N–H and O–H groups in total. The lowest BCUT2D eigenvalue weighted by molar-refractivity contribution is 0.125. The highest BCUT2D eigenvalue weighted by Crippen LogP contribution is 2.09. The maximum atomic E-state index is 5.15. The van der Waals surface area contributed by atoms with Gasteiger partial charge in [0.25, 0.3) is 0 Å². The Morgan fingerprint density at radius 1 is 1.56 bits per heavy atom. The van der Waals surface area contributed by atoms with Gasteiger partial charge in [0, 0.05) is 6.61 Å². The topological polar surface area (TPSA) is 9.23 Å². The van der Waals surface area contributed by atoms with Crippen molar-refractivity contribution in [3.63, 3.8) is 0 Å². The summed E-state index contributed by atoms with van der Waals surface area (Å²) >= 11 is 9.53. The third kappa shape index (κ3) is 6.42. The lowest BCUT2D eigenvalue weighted by atomic mass is 10.3. The molecule has 9 heavy (non-hydrogen) atoms. The zero-order valence-corrected chi connectivity index (χ0v) is 7.08. The van der Waals surface area contributed by atoms with E-state index in [0.717, 1.165) is 6.61 Å². The molecule has 0 bridgehead atoms. The van der Waals surface area contributed by atoms with Crippen LogP contribution in [0.3, 0.4) is 0 Å².